The van der Waals surface area contributed by atoms with E-state index in [1.807, 2.05) is 24.6 Å². The van der Waals surface area contributed by atoms with Crippen molar-refractivity contribution in [3.05, 3.63) is 33.6 Å². The van der Waals surface area contributed by atoms with Crippen molar-refractivity contribution in [1.82, 2.24) is 15.6 Å². The normalized spacial score (nSPS) is 15.9. The number of hydrogen-bond acceptors (Lipinski definition) is 5. The minimum absolute atomic E-state index is 0. The minimum Gasteiger partial charge on any atom is -0.363 e. The standard InChI is InChI=1S/C16H23N5S2.HI/c1-12-10-18-14(23-12)11-19-16(17-2)20-13-5-7-21(8-6-13)15-4-3-9-22-15;/h3-4,9-10,13H,5-8,11H2,1-2H3,(H2,17,19,20);1H. The van der Waals surface area contributed by atoms with Crippen LogP contribution in [0.4, 0.5) is 5.00 Å². The number of aromatic nitrogens is 1. The summed E-state index contributed by atoms with van der Waals surface area (Å²) in [5.41, 5.74) is 0. The van der Waals surface area contributed by atoms with Gasteiger partial charge in [0, 0.05) is 37.3 Å². The number of nitrogens with zero attached hydrogens (tertiary/aromatic N) is 3. The highest BCUT2D eigenvalue weighted by atomic mass is 127. The molecule has 0 spiro atoms. The van der Waals surface area contributed by atoms with Crippen molar-refractivity contribution in [3.63, 3.8) is 0 Å². The van der Waals surface area contributed by atoms with Crippen molar-refractivity contribution >= 4 is 57.6 Å². The highest BCUT2D eigenvalue weighted by Gasteiger charge is 2.20. The van der Waals surface area contributed by atoms with Crippen molar-refractivity contribution in [2.75, 3.05) is 25.0 Å². The average molecular weight is 477 g/mol. The van der Waals surface area contributed by atoms with Crippen LogP contribution in [-0.2, 0) is 6.54 Å². The number of halogens is 1. The second kappa shape index (κ2) is 9.57. The van der Waals surface area contributed by atoms with E-state index in [9.17, 15) is 0 Å². The van der Waals surface area contributed by atoms with Crippen LogP contribution in [0.2, 0.25) is 0 Å². The predicted octanol–water partition coefficient (Wildman–Crippen LogP) is 3.47. The van der Waals surface area contributed by atoms with Crippen molar-refractivity contribution in [2.24, 2.45) is 4.99 Å². The van der Waals surface area contributed by atoms with Crippen molar-refractivity contribution in [1.29, 1.82) is 0 Å². The maximum absolute atomic E-state index is 4.37. The first-order chi connectivity index (χ1) is 11.2. The molecule has 3 heterocycles. The molecular weight excluding hydrogens is 453 g/mol. The molecule has 24 heavy (non-hydrogen) atoms. The van der Waals surface area contributed by atoms with Crippen LogP contribution < -0.4 is 15.5 Å². The van der Waals surface area contributed by atoms with Crippen LogP contribution >= 0.6 is 46.7 Å². The Bertz CT molecular complexity index is 633. The van der Waals surface area contributed by atoms with Gasteiger partial charge in [-0.1, -0.05) is 0 Å². The first-order valence-corrected chi connectivity index (χ1v) is 9.61. The second-order valence-electron chi connectivity index (χ2n) is 5.65. The fourth-order valence-corrected chi connectivity index (χ4v) is 4.24. The molecule has 8 heteroatoms. The topological polar surface area (TPSA) is 52.6 Å². The molecule has 132 valence electrons. The summed E-state index contributed by atoms with van der Waals surface area (Å²) in [6.07, 6.45) is 4.18. The minimum atomic E-state index is 0. The van der Waals surface area contributed by atoms with E-state index in [-0.39, 0.29) is 24.0 Å². The highest BCUT2D eigenvalue weighted by molar-refractivity contribution is 14.0. The van der Waals surface area contributed by atoms with E-state index >= 15 is 0 Å². The molecule has 0 aliphatic carbocycles. The fourth-order valence-electron chi connectivity index (χ4n) is 2.72. The third-order valence-electron chi connectivity index (χ3n) is 3.95. The number of hydrogen-bond donors (Lipinski definition) is 2. The van der Waals surface area contributed by atoms with Crippen LogP contribution in [0.15, 0.2) is 28.7 Å². The number of thiazole rings is 1. The summed E-state index contributed by atoms with van der Waals surface area (Å²) in [6, 6.07) is 4.81. The number of rotatable bonds is 4. The molecule has 2 aromatic rings. The number of aryl methyl sites for hydroxylation is 1. The number of piperidine rings is 1. The average Bonchev–Trinajstić information content (AvgIpc) is 3.24. The number of anilines is 1. The van der Waals surface area contributed by atoms with Crippen molar-refractivity contribution in [3.8, 4) is 0 Å². The number of guanidine groups is 1. The molecule has 5 nitrogen and oxygen atoms in total. The van der Waals surface area contributed by atoms with Crippen molar-refractivity contribution in [2.45, 2.75) is 32.4 Å². The van der Waals surface area contributed by atoms with E-state index in [0.29, 0.717) is 6.04 Å². The Morgan fingerprint density at radius 3 is 2.79 bits per heavy atom. The molecule has 0 radical (unpaired) electrons. The van der Waals surface area contributed by atoms with E-state index < -0.39 is 0 Å². The third kappa shape index (κ3) is 5.32. The van der Waals surface area contributed by atoms with Gasteiger partial charge >= 0.3 is 0 Å². The summed E-state index contributed by atoms with van der Waals surface area (Å²) >= 11 is 3.54. The van der Waals surface area contributed by atoms with Crippen LogP contribution in [-0.4, -0.2) is 37.1 Å². The molecule has 3 rings (SSSR count). The zero-order chi connectivity index (χ0) is 16.1. The van der Waals surface area contributed by atoms with Crippen molar-refractivity contribution < 1.29 is 0 Å². The van der Waals surface area contributed by atoms with E-state index in [0.717, 1.165) is 43.4 Å². The van der Waals surface area contributed by atoms with Crippen LogP contribution in [0.1, 0.15) is 22.7 Å². The fraction of sp³-hybridized carbons (Fsp3) is 0.500. The van der Waals surface area contributed by atoms with Gasteiger partial charge in [0.05, 0.1) is 11.5 Å². The predicted molar refractivity (Wildman–Crippen MR) is 115 cm³/mol. The molecule has 1 aliphatic heterocycles. The number of nitrogens with one attached hydrogen (secondary N) is 2. The lowest BCUT2D eigenvalue weighted by molar-refractivity contribution is 0.462. The maximum Gasteiger partial charge on any atom is 0.191 e. The Labute approximate surface area is 168 Å². The molecule has 0 saturated carbocycles. The Hall–Kier alpha value is -0.870. The van der Waals surface area contributed by atoms with Gasteiger partial charge in [-0.3, -0.25) is 4.99 Å². The van der Waals surface area contributed by atoms with Gasteiger partial charge in [0.25, 0.3) is 0 Å². The van der Waals surface area contributed by atoms with Gasteiger partial charge in [0.1, 0.15) is 5.01 Å². The molecule has 0 amide bonds. The molecule has 1 fully saturated rings. The molecule has 0 unspecified atom stereocenters. The van der Waals surface area contributed by atoms with E-state index in [1.54, 1.807) is 11.3 Å². The third-order valence-corrected chi connectivity index (χ3v) is 5.80. The molecule has 1 saturated heterocycles. The van der Waals surface area contributed by atoms with Gasteiger partial charge in [-0.2, -0.15) is 0 Å². The van der Waals surface area contributed by atoms with E-state index in [1.165, 1.54) is 9.88 Å². The van der Waals surface area contributed by atoms with Gasteiger partial charge in [0.2, 0.25) is 0 Å². The zero-order valence-electron chi connectivity index (χ0n) is 14.0. The van der Waals surface area contributed by atoms with E-state index in [2.05, 4.69) is 49.9 Å². The highest BCUT2D eigenvalue weighted by Crippen LogP contribution is 2.24. The Morgan fingerprint density at radius 1 is 1.42 bits per heavy atom. The van der Waals surface area contributed by atoms with Crippen LogP contribution in [0.25, 0.3) is 0 Å². The summed E-state index contributed by atoms with van der Waals surface area (Å²) in [7, 11) is 1.82. The monoisotopic (exact) mass is 477 g/mol. The number of aliphatic imine (C=N–C) groups is 1. The smallest absolute Gasteiger partial charge is 0.191 e. The lowest BCUT2D eigenvalue weighted by Gasteiger charge is -2.33. The lowest BCUT2D eigenvalue weighted by atomic mass is 10.1. The summed E-state index contributed by atoms with van der Waals surface area (Å²) in [4.78, 5) is 12.4. The SMILES string of the molecule is CN=C(NCc1ncc(C)s1)NC1CCN(c2cccs2)CC1.I. The Balaban J connectivity index is 0.00000208. The Kier molecular flexibility index (Phi) is 7.76. The van der Waals surface area contributed by atoms with Crippen LogP contribution in [0, 0.1) is 6.92 Å². The van der Waals surface area contributed by atoms with Gasteiger partial charge in [-0.15, -0.1) is 46.7 Å². The molecule has 0 bridgehead atoms. The first-order valence-electron chi connectivity index (χ1n) is 7.91. The molecule has 2 aromatic heterocycles. The number of thiophene rings is 1. The van der Waals surface area contributed by atoms with Gasteiger partial charge in [-0.05, 0) is 37.3 Å². The zero-order valence-corrected chi connectivity index (χ0v) is 18.0. The van der Waals surface area contributed by atoms with Crippen LogP contribution in [0.5, 0.6) is 0 Å². The second-order valence-corrected chi connectivity index (χ2v) is 7.89. The van der Waals surface area contributed by atoms with Gasteiger partial charge in [-0.25, -0.2) is 4.98 Å². The van der Waals surface area contributed by atoms with Crippen LogP contribution in [0.3, 0.4) is 0 Å². The van der Waals surface area contributed by atoms with E-state index in [4.69, 9.17) is 0 Å². The Morgan fingerprint density at radius 2 is 2.21 bits per heavy atom. The lowest BCUT2D eigenvalue weighted by Crippen LogP contribution is -2.48. The largest absolute Gasteiger partial charge is 0.363 e. The summed E-state index contributed by atoms with van der Waals surface area (Å²) in [6.45, 7) is 5.00. The molecule has 1 aliphatic rings. The molecule has 2 N–H and O–H groups in total. The maximum atomic E-state index is 4.37. The molecular formula is C16H24IN5S2. The summed E-state index contributed by atoms with van der Waals surface area (Å²) < 4.78 is 0. The molecule has 0 aromatic carbocycles. The van der Waals surface area contributed by atoms with Gasteiger partial charge in [0.15, 0.2) is 5.96 Å². The summed E-state index contributed by atoms with van der Waals surface area (Å²) in [5, 5.41) is 11.5. The first kappa shape index (κ1) is 19.5. The quantitative estimate of drug-likeness (QED) is 0.403. The van der Waals surface area contributed by atoms with Gasteiger partial charge < -0.3 is 15.5 Å². The summed E-state index contributed by atoms with van der Waals surface area (Å²) in [5.74, 6) is 0.868. The molecule has 0 atom stereocenters.